The molecule has 1 aliphatic rings. The van der Waals surface area contributed by atoms with Crippen molar-refractivity contribution in [2.24, 2.45) is 0 Å². The lowest BCUT2D eigenvalue weighted by atomic mass is 9.94. The molecule has 0 unspecified atom stereocenters. The molecule has 1 aliphatic heterocycles. The first-order valence-electron chi connectivity index (χ1n) is 8.53. The lowest BCUT2D eigenvalue weighted by Gasteiger charge is -2.45. The topological polar surface area (TPSA) is 80.8 Å². The summed E-state index contributed by atoms with van der Waals surface area (Å²) in [6.45, 7) is 5.06. The Bertz CT molecular complexity index is 949. The summed E-state index contributed by atoms with van der Waals surface area (Å²) in [4.78, 5) is 26.2. The van der Waals surface area contributed by atoms with Crippen LogP contribution in [0.25, 0.3) is 0 Å². The molecule has 142 valence electrons. The highest BCUT2D eigenvalue weighted by molar-refractivity contribution is 7.93. The number of imide groups is 1. The molecule has 0 saturated carbocycles. The molecule has 0 aromatic heterocycles. The third-order valence-corrected chi connectivity index (χ3v) is 6.24. The van der Waals surface area contributed by atoms with Crippen molar-refractivity contribution < 1.29 is 22.7 Å². The van der Waals surface area contributed by atoms with Crippen LogP contribution < -0.4 is 0 Å². The van der Waals surface area contributed by atoms with E-state index in [0.717, 1.165) is 4.90 Å². The van der Waals surface area contributed by atoms with E-state index < -0.39 is 38.7 Å². The van der Waals surface area contributed by atoms with Gasteiger partial charge in [0.25, 0.3) is 5.91 Å². The maximum atomic E-state index is 13.1. The van der Waals surface area contributed by atoms with Crippen LogP contribution in [0.4, 0.5) is 4.79 Å². The van der Waals surface area contributed by atoms with Crippen LogP contribution in [0.15, 0.2) is 65.6 Å². The van der Waals surface area contributed by atoms with Gasteiger partial charge in [-0.1, -0.05) is 48.5 Å². The number of likely N-dealkylation sites (tertiary alicyclic amines) is 1. The molecule has 2 atom stereocenters. The van der Waals surface area contributed by atoms with Gasteiger partial charge in [0.1, 0.15) is 5.60 Å². The standard InChI is InChI=1S/C20H21NO5S/c1-20(2,3)26-19(23)21-16(14-10-6-4-7-11-14)17(18(21)22)27(24,25)15-12-8-5-9-13-15/h4-13,16-17H,1-3H3/t16-,17-/m0/s1. The highest BCUT2D eigenvalue weighted by Crippen LogP contribution is 2.42. The first kappa shape index (κ1) is 19.1. The molecule has 1 saturated heterocycles. The molecule has 0 radical (unpaired) electrons. The first-order valence-corrected chi connectivity index (χ1v) is 10.1. The van der Waals surface area contributed by atoms with Gasteiger partial charge in [-0.25, -0.2) is 18.1 Å². The van der Waals surface area contributed by atoms with Crippen LogP contribution in [-0.4, -0.2) is 36.2 Å². The maximum Gasteiger partial charge on any atom is 0.417 e. The van der Waals surface area contributed by atoms with Crippen LogP contribution in [0.1, 0.15) is 32.4 Å². The second-order valence-electron chi connectivity index (χ2n) is 7.32. The van der Waals surface area contributed by atoms with Crippen molar-refractivity contribution in [1.29, 1.82) is 0 Å². The zero-order valence-corrected chi connectivity index (χ0v) is 16.1. The maximum absolute atomic E-state index is 13.1. The number of rotatable bonds is 3. The van der Waals surface area contributed by atoms with Crippen molar-refractivity contribution in [3.63, 3.8) is 0 Å². The Morgan fingerprint density at radius 1 is 0.963 bits per heavy atom. The van der Waals surface area contributed by atoms with E-state index in [2.05, 4.69) is 0 Å². The van der Waals surface area contributed by atoms with E-state index in [1.807, 2.05) is 0 Å². The fraction of sp³-hybridized carbons (Fsp3) is 0.300. The van der Waals surface area contributed by atoms with Crippen molar-refractivity contribution in [2.75, 3.05) is 0 Å². The summed E-state index contributed by atoms with van der Waals surface area (Å²) in [5, 5.41) is -1.37. The summed E-state index contributed by atoms with van der Waals surface area (Å²) in [6, 6.07) is 15.5. The molecule has 1 fully saturated rings. The van der Waals surface area contributed by atoms with Gasteiger partial charge in [-0.05, 0) is 38.5 Å². The summed E-state index contributed by atoms with van der Waals surface area (Å²) in [5.41, 5.74) is -0.241. The molecular weight excluding hydrogens is 366 g/mol. The van der Waals surface area contributed by atoms with E-state index in [9.17, 15) is 18.0 Å². The summed E-state index contributed by atoms with van der Waals surface area (Å²) < 4.78 is 31.4. The quantitative estimate of drug-likeness (QED) is 0.755. The van der Waals surface area contributed by atoms with Crippen molar-refractivity contribution in [2.45, 2.75) is 42.6 Å². The molecule has 0 bridgehead atoms. The zero-order valence-electron chi connectivity index (χ0n) is 15.3. The highest BCUT2D eigenvalue weighted by Gasteiger charge is 2.59. The Kier molecular flexibility index (Phi) is 4.82. The molecule has 27 heavy (non-hydrogen) atoms. The van der Waals surface area contributed by atoms with E-state index in [1.165, 1.54) is 12.1 Å². The van der Waals surface area contributed by atoms with Gasteiger partial charge in [0.2, 0.25) is 0 Å². The van der Waals surface area contributed by atoms with E-state index in [-0.39, 0.29) is 4.90 Å². The Labute approximate surface area is 158 Å². The molecule has 2 amide bonds. The largest absolute Gasteiger partial charge is 0.443 e. The number of sulfone groups is 1. The van der Waals surface area contributed by atoms with Gasteiger partial charge in [0, 0.05) is 0 Å². The average molecular weight is 387 g/mol. The second kappa shape index (κ2) is 6.81. The third-order valence-electron chi connectivity index (χ3n) is 4.18. The molecule has 1 heterocycles. The zero-order chi connectivity index (χ0) is 19.8. The molecular formula is C20H21NO5S. The van der Waals surface area contributed by atoms with Gasteiger partial charge in [0.05, 0.1) is 10.9 Å². The predicted octanol–water partition coefficient (Wildman–Crippen LogP) is 3.35. The number of carbonyl (C=O) groups is 2. The van der Waals surface area contributed by atoms with Crippen LogP contribution in [0.2, 0.25) is 0 Å². The van der Waals surface area contributed by atoms with Crippen molar-refractivity contribution in [1.82, 2.24) is 4.90 Å². The molecule has 3 rings (SSSR count). The fourth-order valence-electron chi connectivity index (χ4n) is 3.01. The normalized spacial score (nSPS) is 20.1. The van der Waals surface area contributed by atoms with Crippen LogP contribution in [0.3, 0.4) is 0 Å². The molecule has 6 nitrogen and oxygen atoms in total. The van der Waals surface area contributed by atoms with Gasteiger partial charge in [0.15, 0.2) is 15.1 Å². The first-order chi connectivity index (χ1) is 12.6. The van der Waals surface area contributed by atoms with Crippen LogP contribution >= 0.6 is 0 Å². The van der Waals surface area contributed by atoms with E-state index in [4.69, 9.17) is 4.74 Å². The predicted molar refractivity (Wildman–Crippen MR) is 99.7 cm³/mol. The summed E-state index contributed by atoms with van der Waals surface area (Å²) in [7, 11) is -3.96. The average Bonchev–Trinajstić information content (AvgIpc) is 2.59. The number of ether oxygens (including phenoxy) is 1. The van der Waals surface area contributed by atoms with Crippen LogP contribution in [-0.2, 0) is 19.4 Å². The number of hydrogen-bond donors (Lipinski definition) is 0. The van der Waals surface area contributed by atoms with Gasteiger partial charge in [-0.3, -0.25) is 4.79 Å². The summed E-state index contributed by atoms with van der Waals surface area (Å²) in [6.07, 6.45) is -0.846. The monoisotopic (exact) mass is 387 g/mol. The Morgan fingerprint density at radius 3 is 2.00 bits per heavy atom. The van der Waals surface area contributed by atoms with Gasteiger partial charge < -0.3 is 4.74 Å². The number of carbonyl (C=O) groups excluding carboxylic acids is 2. The molecule has 2 aromatic rings. The van der Waals surface area contributed by atoms with E-state index >= 15 is 0 Å². The Balaban J connectivity index is 2.02. The van der Waals surface area contributed by atoms with Gasteiger partial charge >= 0.3 is 6.09 Å². The van der Waals surface area contributed by atoms with Gasteiger partial charge in [-0.15, -0.1) is 0 Å². The minimum Gasteiger partial charge on any atom is -0.443 e. The number of nitrogens with zero attached hydrogens (tertiary/aromatic N) is 1. The summed E-state index contributed by atoms with van der Waals surface area (Å²) in [5.74, 6) is -0.776. The van der Waals surface area contributed by atoms with E-state index in [1.54, 1.807) is 69.3 Å². The molecule has 0 aliphatic carbocycles. The smallest absolute Gasteiger partial charge is 0.417 e. The van der Waals surface area contributed by atoms with Crippen molar-refractivity contribution >= 4 is 21.8 Å². The van der Waals surface area contributed by atoms with Crippen LogP contribution in [0, 0.1) is 0 Å². The highest BCUT2D eigenvalue weighted by atomic mass is 32.2. The van der Waals surface area contributed by atoms with Crippen molar-refractivity contribution in [3.05, 3.63) is 66.2 Å². The number of hydrogen-bond acceptors (Lipinski definition) is 5. The van der Waals surface area contributed by atoms with Gasteiger partial charge in [-0.2, -0.15) is 0 Å². The van der Waals surface area contributed by atoms with Crippen molar-refractivity contribution in [3.8, 4) is 0 Å². The molecule has 0 N–H and O–H groups in total. The summed E-state index contributed by atoms with van der Waals surface area (Å²) >= 11 is 0. The third kappa shape index (κ3) is 3.60. The Hall–Kier alpha value is -2.67. The molecule has 0 spiro atoms. The number of amides is 2. The fourth-order valence-corrected chi connectivity index (χ4v) is 4.84. The Morgan fingerprint density at radius 2 is 1.48 bits per heavy atom. The minimum atomic E-state index is -3.96. The SMILES string of the molecule is CC(C)(C)OC(=O)N1C(=O)[C@@H](S(=O)(=O)c2ccccc2)[C@@H]1c1ccccc1. The minimum absolute atomic E-state index is 0.0492. The van der Waals surface area contributed by atoms with E-state index in [0.29, 0.717) is 5.56 Å². The molecule has 7 heteroatoms. The number of benzene rings is 2. The number of β-lactam (4-membered cyclic amide) rings is 1. The second-order valence-corrected chi connectivity index (χ2v) is 9.39. The lowest BCUT2D eigenvalue weighted by Crippen LogP contribution is -2.64. The van der Waals surface area contributed by atoms with Crippen LogP contribution in [0.5, 0.6) is 0 Å². The lowest BCUT2D eigenvalue weighted by molar-refractivity contribution is -0.143. The molecule has 2 aromatic carbocycles.